The zero-order valence-corrected chi connectivity index (χ0v) is 16.8. The van der Waals surface area contributed by atoms with Crippen LogP contribution in [-0.4, -0.2) is 39.4 Å². The van der Waals surface area contributed by atoms with Gasteiger partial charge in [-0.2, -0.15) is 5.10 Å². The van der Waals surface area contributed by atoms with Crippen molar-refractivity contribution in [3.8, 4) is 0 Å². The number of hydrogen-bond acceptors (Lipinski definition) is 3. The lowest BCUT2D eigenvalue weighted by Crippen LogP contribution is -2.29. The van der Waals surface area contributed by atoms with Crippen LogP contribution in [0, 0.1) is 0 Å². The molecule has 1 fully saturated rings. The molecule has 2 heterocycles. The van der Waals surface area contributed by atoms with E-state index in [1.165, 1.54) is 5.56 Å². The number of hydrogen-bond donors (Lipinski definition) is 0. The van der Waals surface area contributed by atoms with Gasteiger partial charge in [0.25, 0.3) is 0 Å². The topological polar surface area (TPSA) is 38.1 Å². The molecule has 4 rings (SSSR count). The van der Waals surface area contributed by atoms with Crippen molar-refractivity contribution in [2.24, 2.45) is 0 Å². The number of amides is 1. The zero-order chi connectivity index (χ0) is 17.9. The fourth-order valence-electron chi connectivity index (χ4n) is 3.27. The van der Waals surface area contributed by atoms with Crippen molar-refractivity contribution < 1.29 is 4.79 Å². The highest BCUT2D eigenvalue weighted by atomic mass is 79.9. The average molecular weight is 430 g/mol. The van der Waals surface area contributed by atoms with Crippen LogP contribution in [0.4, 0.5) is 0 Å². The van der Waals surface area contributed by atoms with Crippen LogP contribution >= 0.6 is 27.7 Å². The predicted molar refractivity (Wildman–Crippen MR) is 110 cm³/mol. The third-order valence-corrected chi connectivity index (χ3v) is 6.16. The van der Waals surface area contributed by atoms with Gasteiger partial charge >= 0.3 is 0 Å². The highest BCUT2D eigenvalue weighted by Crippen LogP contribution is 2.28. The first-order valence-corrected chi connectivity index (χ1v) is 10.6. The van der Waals surface area contributed by atoms with Crippen molar-refractivity contribution in [3.05, 3.63) is 58.6 Å². The highest BCUT2D eigenvalue weighted by molar-refractivity contribution is 9.10. The molecular formula is C20H20BrN3OS. The van der Waals surface area contributed by atoms with Gasteiger partial charge in [-0.3, -0.25) is 9.48 Å². The second kappa shape index (κ2) is 7.84. The molecule has 0 spiro atoms. The Kier molecular flexibility index (Phi) is 5.31. The van der Waals surface area contributed by atoms with E-state index >= 15 is 0 Å². The van der Waals surface area contributed by atoms with Gasteiger partial charge in [0, 0.05) is 22.9 Å². The number of rotatable bonds is 5. The fraction of sp³-hybridized carbons (Fsp3) is 0.300. The minimum atomic E-state index is 0.221. The molecule has 0 atom stereocenters. The third kappa shape index (κ3) is 3.81. The Morgan fingerprint density at radius 3 is 2.58 bits per heavy atom. The van der Waals surface area contributed by atoms with Crippen molar-refractivity contribution in [3.63, 3.8) is 0 Å². The quantitative estimate of drug-likeness (QED) is 0.557. The van der Waals surface area contributed by atoms with Gasteiger partial charge < -0.3 is 4.90 Å². The fourth-order valence-corrected chi connectivity index (χ4v) is 4.47. The number of aromatic nitrogens is 2. The summed E-state index contributed by atoms with van der Waals surface area (Å²) in [7, 11) is 0. The van der Waals surface area contributed by atoms with Gasteiger partial charge in [0.1, 0.15) is 5.03 Å². The van der Waals surface area contributed by atoms with E-state index in [2.05, 4.69) is 40.2 Å². The van der Waals surface area contributed by atoms with Gasteiger partial charge in [-0.15, -0.1) is 0 Å². The second-order valence-corrected chi connectivity index (χ2v) is 8.36. The molecule has 0 N–H and O–H groups in total. The number of thioether (sulfide) groups is 1. The molecule has 0 unspecified atom stereocenters. The molecule has 3 aromatic rings. The van der Waals surface area contributed by atoms with Crippen LogP contribution < -0.4 is 0 Å². The first-order chi connectivity index (χ1) is 12.7. The van der Waals surface area contributed by atoms with E-state index in [9.17, 15) is 4.79 Å². The maximum Gasteiger partial charge on any atom is 0.232 e. The number of fused-ring (bicyclic) bond motifs is 1. The molecular weight excluding hydrogens is 410 g/mol. The van der Waals surface area contributed by atoms with Gasteiger partial charge in [0.2, 0.25) is 5.91 Å². The second-order valence-electron chi connectivity index (χ2n) is 6.48. The van der Waals surface area contributed by atoms with E-state index in [1.807, 2.05) is 33.8 Å². The zero-order valence-electron chi connectivity index (χ0n) is 14.4. The van der Waals surface area contributed by atoms with E-state index in [4.69, 9.17) is 5.10 Å². The molecule has 6 heteroatoms. The van der Waals surface area contributed by atoms with Gasteiger partial charge in [-0.1, -0.05) is 58.0 Å². The Labute approximate surface area is 165 Å². The van der Waals surface area contributed by atoms with Crippen molar-refractivity contribution in [2.75, 3.05) is 18.8 Å². The largest absolute Gasteiger partial charge is 0.342 e. The van der Waals surface area contributed by atoms with E-state index < -0.39 is 0 Å². The van der Waals surface area contributed by atoms with Crippen LogP contribution in [0.1, 0.15) is 18.4 Å². The number of nitrogens with zero attached hydrogens (tertiary/aromatic N) is 3. The lowest BCUT2D eigenvalue weighted by Gasteiger charge is -2.14. The number of likely N-dealkylation sites (tertiary alicyclic amines) is 1. The number of benzene rings is 2. The van der Waals surface area contributed by atoms with E-state index in [1.54, 1.807) is 11.8 Å². The van der Waals surface area contributed by atoms with Crippen molar-refractivity contribution >= 4 is 44.5 Å². The van der Waals surface area contributed by atoms with Crippen LogP contribution in [0.2, 0.25) is 0 Å². The third-order valence-electron chi connectivity index (χ3n) is 4.66. The molecule has 4 nitrogen and oxygen atoms in total. The first kappa shape index (κ1) is 17.6. The van der Waals surface area contributed by atoms with Gasteiger partial charge in [-0.25, -0.2) is 0 Å². The summed E-state index contributed by atoms with van der Waals surface area (Å²) in [6, 6.07) is 16.5. The summed E-state index contributed by atoms with van der Waals surface area (Å²) >= 11 is 5.02. The molecule has 0 bridgehead atoms. The molecule has 1 amide bonds. The molecule has 1 aliphatic heterocycles. The van der Waals surface area contributed by atoms with Crippen molar-refractivity contribution in [1.82, 2.24) is 14.7 Å². The van der Waals surface area contributed by atoms with Gasteiger partial charge in [0.15, 0.2) is 0 Å². The van der Waals surface area contributed by atoms with Crippen molar-refractivity contribution in [1.29, 1.82) is 0 Å². The molecule has 2 aromatic carbocycles. The lowest BCUT2D eigenvalue weighted by atomic mass is 10.2. The molecule has 1 saturated heterocycles. The van der Waals surface area contributed by atoms with Gasteiger partial charge in [0.05, 0.1) is 17.8 Å². The van der Waals surface area contributed by atoms with Crippen LogP contribution in [0.3, 0.4) is 0 Å². The predicted octanol–water partition coefficient (Wildman–Crippen LogP) is 4.56. The average Bonchev–Trinajstić information content (AvgIpc) is 3.31. The number of halogens is 1. The number of para-hydroxylation sites is 1. The molecule has 1 aromatic heterocycles. The monoisotopic (exact) mass is 429 g/mol. The maximum absolute atomic E-state index is 12.4. The first-order valence-electron chi connectivity index (χ1n) is 8.81. The number of carbonyl (C=O) groups is 1. The van der Waals surface area contributed by atoms with Crippen LogP contribution in [0.15, 0.2) is 58.0 Å². The van der Waals surface area contributed by atoms with Crippen LogP contribution in [0.25, 0.3) is 10.9 Å². The minimum absolute atomic E-state index is 0.221. The Balaban J connectivity index is 1.55. The summed E-state index contributed by atoms with van der Waals surface area (Å²) in [6.07, 6.45) is 2.25. The molecule has 0 aliphatic carbocycles. The Hall–Kier alpha value is -1.79. The number of carbonyl (C=O) groups excluding carboxylic acids is 1. The standard InChI is InChI=1S/C20H20BrN3OS/c21-16-9-7-15(8-10-16)13-24-18-6-2-1-5-17(18)20(22-24)26-14-19(25)23-11-3-4-12-23/h1-2,5-10H,3-4,11-14H2. The Bertz CT molecular complexity index is 916. The SMILES string of the molecule is O=C(CSc1nn(Cc2ccc(Br)cc2)c2ccccc12)N1CCCC1. The van der Waals surface area contributed by atoms with E-state index in [-0.39, 0.29) is 5.91 Å². The Morgan fingerprint density at radius 1 is 1.08 bits per heavy atom. The highest BCUT2D eigenvalue weighted by Gasteiger charge is 2.19. The van der Waals surface area contributed by atoms with E-state index in [0.717, 1.165) is 46.3 Å². The lowest BCUT2D eigenvalue weighted by molar-refractivity contribution is -0.127. The molecule has 0 radical (unpaired) electrons. The molecule has 1 aliphatic rings. The summed E-state index contributed by atoms with van der Waals surface area (Å²) in [5.74, 6) is 0.679. The molecule has 134 valence electrons. The van der Waals surface area contributed by atoms with Crippen LogP contribution in [0.5, 0.6) is 0 Å². The summed E-state index contributed by atoms with van der Waals surface area (Å²) in [5.41, 5.74) is 2.30. The van der Waals surface area contributed by atoms with Gasteiger partial charge in [-0.05, 0) is 36.6 Å². The summed E-state index contributed by atoms with van der Waals surface area (Å²) in [4.78, 5) is 14.3. The van der Waals surface area contributed by atoms with Crippen LogP contribution in [-0.2, 0) is 11.3 Å². The smallest absolute Gasteiger partial charge is 0.232 e. The maximum atomic E-state index is 12.4. The molecule has 26 heavy (non-hydrogen) atoms. The summed E-state index contributed by atoms with van der Waals surface area (Å²) < 4.78 is 3.10. The minimum Gasteiger partial charge on any atom is -0.342 e. The Morgan fingerprint density at radius 2 is 1.81 bits per heavy atom. The summed E-state index contributed by atoms with van der Waals surface area (Å²) in [6.45, 7) is 2.52. The summed E-state index contributed by atoms with van der Waals surface area (Å²) in [5, 5.41) is 6.85. The van der Waals surface area contributed by atoms with Crippen molar-refractivity contribution in [2.45, 2.75) is 24.4 Å². The molecule has 0 saturated carbocycles. The normalized spacial score (nSPS) is 14.3. The van der Waals surface area contributed by atoms with E-state index in [0.29, 0.717) is 12.3 Å².